The van der Waals surface area contributed by atoms with Crippen LogP contribution in [-0.4, -0.2) is 26.3 Å². The van der Waals surface area contributed by atoms with Crippen LogP contribution in [0.2, 0.25) is 0 Å². The maximum atomic E-state index is 12.4. The molecule has 0 radical (unpaired) electrons. The number of carbonyl (C=O) groups is 2. The third-order valence-electron chi connectivity index (χ3n) is 3.92. The van der Waals surface area contributed by atoms with Crippen LogP contribution in [0.3, 0.4) is 0 Å². The van der Waals surface area contributed by atoms with Gasteiger partial charge in [-0.05, 0) is 32.0 Å². The van der Waals surface area contributed by atoms with Gasteiger partial charge in [0.15, 0.2) is 17.7 Å². The zero-order chi connectivity index (χ0) is 18.1. The summed E-state index contributed by atoms with van der Waals surface area (Å²) in [4.78, 5) is 42.9. The molecule has 1 aromatic carbocycles. The van der Waals surface area contributed by atoms with Crippen molar-refractivity contribution in [2.45, 2.75) is 20.0 Å². The lowest BCUT2D eigenvalue weighted by Crippen LogP contribution is -2.18. The Morgan fingerprint density at radius 2 is 2.00 bits per heavy atom. The predicted molar refractivity (Wildman–Crippen MR) is 91.6 cm³/mol. The van der Waals surface area contributed by atoms with Crippen molar-refractivity contribution in [3.63, 3.8) is 0 Å². The normalized spacial score (nSPS) is 12.1. The lowest BCUT2D eigenvalue weighted by atomic mass is 10.2. The van der Waals surface area contributed by atoms with Crippen molar-refractivity contribution in [2.75, 3.05) is 0 Å². The largest absolute Gasteiger partial charge is 0.450 e. The third-order valence-corrected chi connectivity index (χ3v) is 3.92. The molecule has 2 aromatic heterocycles. The molecule has 0 bridgehead atoms. The van der Waals surface area contributed by atoms with Crippen molar-refractivity contribution in [3.8, 4) is 0 Å². The zero-order valence-electron chi connectivity index (χ0n) is 14.1. The fraction of sp³-hybridized carbons (Fsp3) is 0.222. The number of benzene rings is 1. The molecule has 1 atom stereocenters. The van der Waals surface area contributed by atoms with Gasteiger partial charge in [0, 0.05) is 18.8 Å². The monoisotopic (exact) mass is 339 g/mol. The number of hydrogen-bond acceptors (Lipinski definition) is 5. The number of aryl methyl sites for hydroxylation is 1. The van der Waals surface area contributed by atoms with E-state index < -0.39 is 12.1 Å². The Balaban J connectivity index is 1.87. The minimum Gasteiger partial charge on any atom is -0.450 e. The minimum atomic E-state index is -0.750. The first-order valence-electron chi connectivity index (χ1n) is 7.74. The van der Waals surface area contributed by atoms with Gasteiger partial charge in [-0.25, -0.2) is 9.78 Å². The number of H-pyrrole nitrogens is 1. The van der Waals surface area contributed by atoms with Gasteiger partial charge in [-0.15, -0.1) is 0 Å². The molecule has 0 saturated carbocycles. The van der Waals surface area contributed by atoms with Crippen molar-refractivity contribution in [3.05, 3.63) is 64.0 Å². The molecule has 3 rings (SSSR count). The number of hydrogen-bond donors (Lipinski definition) is 1. The standard InChI is InChI=1S/C18H17N3O4/c1-10(22)12-8-15(21(3)9-12)18(24)25-11(2)16-19-14-7-5-4-6-13(14)17(23)20-16/h4-9,11H,1-3H3,(H,19,20,23)/t11-/m1/s1. The second-order valence-electron chi connectivity index (χ2n) is 5.80. The van der Waals surface area contributed by atoms with E-state index in [2.05, 4.69) is 9.97 Å². The summed E-state index contributed by atoms with van der Waals surface area (Å²) in [6.07, 6.45) is 0.820. The summed E-state index contributed by atoms with van der Waals surface area (Å²) in [5.41, 5.74) is 0.919. The van der Waals surface area contributed by atoms with Crippen molar-refractivity contribution in [2.24, 2.45) is 7.05 Å². The highest BCUT2D eigenvalue weighted by Crippen LogP contribution is 2.17. The Bertz CT molecular complexity index is 1030. The Hall–Kier alpha value is -3.22. The van der Waals surface area contributed by atoms with Crippen LogP contribution in [0.1, 0.15) is 46.6 Å². The van der Waals surface area contributed by atoms with E-state index in [0.29, 0.717) is 16.5 Å². The number of ether oxygens (including phenoxy) is 1. The summed E-state index contributed by atoms with van der Waals surface area (Å²) >= 11 is 0. The maximum Gasteiger partial charge on any atom is 0.355 e. The summed E-state index contributed by atoms with van der Waals surface area (Å²) in [6, 6.07) is 8.41. The van der Waals surface area contributed by atoms with Crippen LogP contribution >= 0.6 is 0 Å². The molecule has 0 aliphatic carbocycles. The van der Waals surface area contributed by atoms with Crippen LogP contribution < -0.4 is 5.56 Å². The lowest BCUT2D eigenvalue weighted by Gasteiger charge is -2.13. The number of carbonyl (C=O) groups excluding carboxylic acids is 2. The third kappa shape index (κ3) is 3.21. The molecule has 3 aromatic rings. The van der Waals surface area contributed by atoms with Gasteiger partial charge in [0.25, 0.3) is 5.56 Å². The second kappa shape index (κ2) is 6.35. The van der Waals surface area contributed by atoms with E-state index in [1.165, 1.54) is 17.6 Å². The number of aromatic nitrogens is 3. The van der Waals surface area contributed by atoms with Gasteiger partial charge in [0.05, 0.1) is 10.9 Å². The highest BCUT2D eigenvalue weighted by atomic mass is 16.5. The topological polar surface area (TPSA) is 94.1 Å². The van der Waals surface area contributed by atoms with E-state index in [4.69, 9.17) is 4.74 Å². The van der Waals surface area contributed by atoms with Gasteiger partial charge in [-0.1, -0.05) is 12.1 Å². The van der Waals surface area contributed by atoms with E-state index in [9.17, 15) is 14.4 Å². The molecule has 0 aliphatic rings. The number of para-hydroxylation sites is 1. The van der Waals surface area contributed by atoms with Gasteiger partial charge < -0.3 is 14.3 Å². The fourth-order valence-electron chi connectivity index (χ4n) is 2.53. The Labute approximate surface area is 143 Å². The molecule has 0 aliphatic heterocycles. The first-order chi connectivity index (χ1) is 11.9. The van der Waals surface area contributed by atoms with E-state index in [1.54, 1.807) is 44.4 Å². The molecule has 0 unspecified atom stereocenters. The smallest absolute Gasteiger partial charge is 0.355 e. The van der Waals surface area contributed by atoms with E-state index in [1.807, 2.05) is 0 Å². The average Bonchev–Trinajstić information content (AvgIpc) is 2.97. The highest BCUT2D eigenvalue weighted by Gasteiger charge is 2.20. The number of nitrogens with zero attached hydrogens (tertiary/aromatic N) is 2. The number of aromatic amines is 1. The summed E-state index contributed by atoms with van der Waals surface area (Å²) < 4.78 is 6.93. The number of fused-ring (bicyclic) bond motifs is 1. The molecule has 7 nitrogen and oxygen atoms in total. The van der Waals surface area contributed by atoms with Crippen LogP contribution in [0.25, 0.3) is 10.9 Å². The van der Waals surface area contributed by atoms with E-state index in [-0.39, 0.29) is 22.9 Å². The van der Waals surface area contributed by atoms with Crippen LogP contribution in [-0.2, 0) is 11.8 Å². The fourth-order valence-corrected chi connectivity index (χ4v) is 2.53. The van der Waals surface area contributed by atoms with Gasteiger partial charge >= 0.3 is 5.97 Å². The first kappa shape index (κ1) is 16.6. The number of nitrogens with one attached hydrogen (secondary N) is 1. The van der Waals surface area contributed by atoms with Gasteiger partial charge in [-0.2, -0.15) is 0 Å². The molecule has 2 heterocycles. The van der Waals surface area contributed by atoms with E-state index >= 15 is 0 Å². The molecule has 0 amide bonds. The number of rotatable bonds is 4. The van der Waals surface area contributed by atoms with Gasteiger partial charge in [0.2, 0.25) is 0 Å². The average molecular weight is 339 g/mol. The molecular weight excluding hydrogens is 322 g/mol. The molecular formula is C18H17N3O4. The molecule has 25 heavy (non-hydrogen) atoms. The van der Waals surface area contributed by atoms with Crippen molar-refractivity contribution < 1.29 is 14.3 Å². The Kier molecular flexibility index (Phi) is 4.22. The lowest BCUT2D eigenvalue weighted by molar-refractivity contribution is 0.0309. The Morgan fingerprint density at radius 3 is 2.68 bits per heavy atom. The van der Waals surface area contributed by atoms with Gasteiger partial charge in [-0.3, -0.25) is 9.59 Å². The molecule has 128 valence electrons. The van der Waals surface area contributed by atoms with Crippen LogP contribution in [0.15, 0.2) is 41.3 Å². The summed E-state index contributed by atoms with van der Waals surface area (Å²) in [5, 5.41) is 0.471. The summed E-state index contributed by atoms with van der Waals surface area (Å²) in [7, 11) is 1.66. The molecule has 0 spiro atoms. The minimum absolute atomic E-state index is 0.136. The first-order valence-corrected chi connectivity index (χ1v) is 7.74. The SMILES string of the molecule is CC(=O)c1cc(C(=O)O[C@H](C)c2nc3ccccc3c(=O)[nH]2)n(C)c1. The molecule has 0 saturated heterocycles. The van der Waals surface area contributed by atoms with Crippen LogP contribution in [0, 0.1) is 0 Å². The quantitative estimate of drug-likeness (QED) is 0.582. The number of esters is 1. The number of Topliss-reactive ketones (excluding diaryl/α,β-unsaturated/α-hetero) is 1. The van der Waals surface area contributed by atoms with Crippen molar-refractivity contribution >= 4 is 22.7 Å². The predicted octanol–water partition coefficient (Wildman–Crippen LogP) is 2.38. The zero-order valence-corrected chi connectivity index (χ0v) is 14.1. The Morgan fingerprint density at radius 1 is 1.28 bits per heavy atom. The van der Waals surface area contributed by atoms with Crippen molar-refractivity contribution in [1.29, 1.82) is 0 Å². The molecule has 1 N–H and O–H groups in total. The number of ketones is 1. The van der Waals surface area contributed by atoms with E-state index in [0.717, 1.165) is 0 Å². The highest BCUT2D eigenvalue weighted by molar-refractivity contribution is 5.97. The van der Waals surface area contributed by atoms with Crippen LogP contribution in [0.4, 0.5) is 0 Å². The maximum absolute atomic E-state index is 12.4. The molecule has 7 heteroatoms. The van der Waals surface area contributed by atoms with Crippen molar-refractivity contribution in [1.82, 2.24) is 14.5 Å². The van der Waals surface area contributed by atoms with Crippen LogP contribution in [0.5, 0.6) is 0 Å². The molecule has 0 fully saturated rings. The summed E-state index contributed by atoms with van der Waals surface area (Å²) in [5.74, 6) is -0.473. The van der Waals surface area contributed by atoms with Gasteiger partial charge in [0.1, 0.15) is 5.69 Å². The second-order valence-corrected chi connectivity index (χ2v) is 5.80. The summed E-state index contributed by atoms with van der Waals surface area (Å²) in [6.45, 7) is 3.05.